The zero-order valence-corrected chi connectivity index (χ0v) is 11.3. The SMILES string of the molecule is CCN1CCOC(CC(=O)Nc2ccc(F)cc2)C1=O. The molecule has 5 nitrogen and oxygen atoms in total. The first kappa shape index (κ1) is 14.5. The molecule has 6 heteroatoms. The highest BCUT2D eigenvalue weighted by molar-refractivity contribution is 5.95. The summed E-state index contributed by atoms with van der Waals surface area (Å²) in [6, 6.07) is 5.46. The molecule has 1 unspecified atom stereocenters. The zero-order chi connectivity index (χ0) is 14.5. The normalized spacial score (nSPS) is 19.0. The van der Waals surface area contributed by atoms with Crippen LogP contribution in [0.25, 0.3) is 0 Å². The predicted octanol–water partition coefficient (Wildman–Crippen LogP) is 1.40. The lowest BCUT2D eigenvalue weighted by Crippen LogP contribution is -2.48. The Morgan fingerprint density at radius 3 is 2.80 bits per heavy atom. The van der Waals surface area contributed by atoms with Crippen LogP contribution in [-0.4, -0.2) is 42.5 Å². The molecule has 1 aliphatic rings. The van der Waals surface area contributed by atoms with Gasteiger partial charge < -0.3 is 15.0 Å². The second kappa shape index (κ2) is 6.47. The van der Waals surface area contributed by atoms with Crippen molar-refractivity contribution >= 4 is 17.5 Å². The van der Waals surface area contributed by atoms with Crippen LogP contribution in [0.3, 0.4) is 0 Å². The van der Waals surface area contributed by atoms with E-state index >= 15 is 0 Å². The van der Waals surface area contributed by atoms with Gasteiger partial charge in [0.2, 0.25) is 5.91 Å². The number of carbonyl (C=O) groups is 2. The van der Waals surface area contributed by atoms with Crippen molar-refractivity contribution in [2.24, 2.45) is 0 Å². The third-order valence-electron chi connectivity index (χ3n) is 3.15. The fraction of sp³-hybridized carbons (Fsp3) is 0.429. The van der Waals surface area contributed by atoms with Gasteiger partial charge in [0.1, 0.15) is 11.9 Å². The summed E-state index contributed by atoms with van der Waals surface area (Å²) in [4.78, 5) is 25.5. The number of rotatable bonds is 4. The van der Waals surface area contributed by atoms with Crippen molar-refractivity contribution in [2.45, 2.75) is 19.4 Å². The van der Waals surface area contributed by atoms with Crippen molar-refractivity contribution in [1.82, 2.24) is 4.90 Å². The third-order valence-corrected chi connectivity index (χ3v) is 3.15. The van der Waals surface area contributed by atoms with E-state index in [2.05, 4.69) is 5.32 Å². The maximum absolute atomic E-state index is 12.7. The molecule has 1 heterocycles. The van der Waals surface area contributed by atoms with E-state index in [1.165, 1.54) is 24.3 Å². The molecule has 108 valence electrons. The number of amides is 2. The highest BCUT2D eigenvalue weighted by atomic mass is 19.1. The number of carbonyl (C=O) groups excluding carboxylic acids is 2. The first-order valence-electron chi connectivity index (χ1n) is 6.56. The summed E-state index contributed by atoms with van der Waals surface area (Å²) in [6.45, 7) is 3.50. The summed E-state index contributed by atoms with van der Waals surface area (Å²) >= 11 is 0. The van der Waals surface area contributed by atoms with Gasteiger partial charge in [-0.05, 0) is 31.2 Å². The molecule has 0 aliphatic carbocycles. The molecule has 1 fully saturated rings. The molecule has 1 aromatic carbocycles. The summed E-state index contributed by atoms with van der Waals surface area (Å²) in [5.41, 5.74) is 0.493. The first-order valence-corrected chi connectivity index (χ1v) is 6.56. The quantitative estimate of drug-likeness (QED) is 0.907. The topological polar surface area (TPSA) is 58.6 Å². The van der Waals surface area contributed by atoms with E-state index < -0.39 is 6.10 Å². The number of halogens is 1. The van der Waals surface area contributed by atoms with Crippen LogP contribution in [-0.2, 0) is 14.3 Å². The van der Waals surface area contributed by atoms with Crippen LogP contribution in [0.2, 0.25) is 0 Å². The van der Waals surface area contributed by atoms with Crippen LogP contribution < -0.4 is 5.32 Å². The van der Waals surface area contributed by atoms with Gasteiger partial charge in [-0.3, -0.25) is 9.59 Å². The van der Waals surface area contributed by atoms with Crippen molar-refractivity contribution in [3.63, 3.8) is 0 Å². The minimum Gasteiger partial charge on any atom is -0.366 e. The zero-order valence-electron chi connectivity index (χ0n) is 11.3. The Balaban J connectivity index is 1.90. The Hall–Kier alpha value is -1.95. The predicted molar refractivity (Wildman–Crippen MR) is 71.6 cm³/mol. The Labute approximate surface area is 116 Å². The summed E-state index contributed by atoms with van der Waals surface area (Å²) in [5.74, 6) is -0.853. The summed E-state index contributed by atoms with van der Waals surface area (Å²) in [6.07, 6.45) is -0.767. The van der Waals surface area contributed by atoms with Crippen molar-refractivity contribution in [3.05, 3.63) is 30.1 Å². The summed E-state index contributed by atoms with van der Waals surface area (Å²) in [5, 5.41) is 2.61. The molecular weight excluding hydrogens is 263 g/mol. The molecule has 0 bridgehead atoms. The van der Waals surface area contributed by atoms with E-state index in [1.54, 1.807) is 4.90 Å². The second-order valence-electron chi connectivity index (χ2n) is 4.54. The van der Waals surface area contributed by atoms with E-state index in [0.717, 1.165) is 0 Å². The van der Waals surface area contributed by atoms with E-state index in [0.29, 0.717) is 25.4 Å². The maximum Gasteiger partial charge on any atom is 0.252 e. The lowest BCUT2D eigenvalue weighted by Gasteiger charge is -2.31. The maximum atomic E-state index is 12.7. The van der Waals surface area contributed by atoms with Gasteiger partial charge in [-0.25, -0.2) is 4.39 Å². The Bertz CT molecular complexity index is 490. The van der Waals surface area contributed by atoms with Crippen molar-refractivity contribution in [2.75, 3.05) is 25.0 Å². The number of benzene rings is 1. The number of anilines is 1. The third kappa shape index (κ3) is 3.54. The van der Waals surface area contributed by atoms with Gasteiger partial charge in [0.15, 0.2) is 0 Å². The number of ether oxygens (including phenoxy) is 1. The van der Waals surface area contributed by atoms with Crippen LogP contribution in [0.5, 0.6) is 0 Å². The number of nitrogens with zero attached hydrogens (tertiary/aromatic N) is 1. The number of morpholine rings is 1. The van der Waals surface area contributed by atoms with Gasteiger partial charge in [0.25, 0.3) is 5.91 Å². The number of likely N-dealkylation sites (N-methyl/N-ethyl adjacent to an activating group) is 1. The fourth-order valence-electron chi connectivity index (χ4n) is 2.06. The van der Waals surface area contributed by atoms with Crippen LogP contribution in [0.4, 0.5) is 10.1 Å². The smallest absolute Gasteiger partial charge is 0.252 e. The molecule has 1 aromatic rings. The van der Waals surface area contributed by atoms with Gasteiger partial charge in [0.05, 0.1) is 13.0 Å². The van der Waals surface area contributed by atoms with Gasteiger partial charge in [-0.2, -0.15) is 0 Å². The van der Waals surface area contributed by atoms with E-state index in [1.807, 2.05) is 6.92 Å². The largest absolute Gasteiger partial charge is 0.366 e. The first-order chi connectivity index (χ1) is 9.60. The molecule has 0 aromatic heterocycles. The monoisotopic (exact) mass is 280 g/mol. The number of hydrogen-bond acceptors (Lipinski definition) is 3. The molecule has 2 rings (SSSR count). The van der Waals surface area contributed by atoms with Crippen LogP contribution >= 0.6 is 0 Å². The lowest BCUT2D eigenvalue weighted by atomic mass is 10.1. The Kier molecular flexibility index (Phi) is 4.68. The average Bonchev–Trinajstić information content (AvgIpc) is 2.44. The van der Waals surface area contributed by atoms with E-state index in [9.17, 15) is 14.0 Å². The van der Waals surface area contributed by atoms with Crippen molar-refractivity contribution in [1.29, 1.82) is 0 Å². The fourth-order valence-corrected chi connectivity index (χ4v) is 2.06. The Morgan fingerprint density at radius 1 is 1.45 bits per heavy atom. The molecule has 0 radical (unpaired) electrons. The van der Waals surface area contributed by atoms with Gasteiger partial charge >= 0.3 is 0 Å². The molecular formula is C14H17FN2O3. The van der Waals surface area contributed by atoms with Gasteiger partial charge in [0, 0.05) is 18.8 Å². The van der Waals surface area contributed by atoms with E-state index in [-0.39, 0.29) is 24.1 Å². The minimum atomic E-state index is -0.732. The molecule has 1 atom stereocenters. The highest BCUT2D eigenvalue weighted by Crippen LogP contribution is 2.13. The molecule has 0 spiro atoms. The molecule has 2 amide bonds. The lowest BCUT2D eigenvalue weighted by molar-refractivity contribution is -0.154. The summed E-state index contributed by atoms with van der Waals surface area (Å²) in [7, 11) is 0. The van der Waals surface area contributed by atoms with Crippen LogP contribution in [0, 0.1) is 5.82 Å². The van der Waals surface area contributed by atoms with Crippen molar-refractivity contribution < 1.29 is 18.7 Å². The highest BCUT2D eigenvalue weighted by Gasteiger charge is 2.30. The van der Waals surface area contributed by atoms with Crippen LogP contribution in [0.1, 0.15) is 13.3 Å². The standard InChI is InChI=1S/C14H17FN2O3/c1-2-17-7-8-20-12(14(17)19)9-13(18)16-11-5-3-10(15)4-6-11/h3-6,12H,2,7-9H2,1H3,(H,16,18). The minimum absolute atomic E-state index is 0.0350. The number of nitrogens with one attached hydrogen (secondary N) is 1. The molecule has 1 saturated heterocycles. The average molecular weight is 280 g/mol. The molecule has 20 heavy (non-hydrogen) atoms. The van der Waals surface area contributed by atoms with Crippen LogP contribution in [0.15, 0.2) is 24.3 Å². The van der Waals surface area contributed by atoms with Gasteiger partial charge in [-0.15, -0.1) is 0 Å². The summed E-state index contributed by atoms with van der Waals surface area (Å²) < 4.78 is 18.1. The number of hydrogen-bond donors (Lipinski definition) is 1. The Morgan fingerprint density at radius 2 is 2.15 bits per heavy atom. The molecule has 0 saturated carbocycles. The molecule has 1 aliphatic heterocycles. The van der Waals surface area contributed by atoms with E-state index in [4.69, 9.17) is 4.74 Å². The van der Waals surface area contributed by atoms with Gasteiger partial charge in [-0.1, -0.05) is 0 Å². The van der Waals surface area contributed by atoms with Crippen molar-refractivity contribution in [3.8, 4) is 0 Å². The molecule has 1 N–H and O–H groups in total. The second-order valence-corrected chi connectivity index (χ2v) is 4.54.